The van der Waals surface area contributed by atoms with Gasteiger partial charge in [-0.25, -0.2) is 0 Å². The highest BCUT2D eigenvalue weighted by atomic mass is 35.5. The van der Waals surface area contributed by atoms with Crippen LogP contribution in [0.25, 0.3) is 0 Å². The van der Waals surface area contributed by atoms with E-state index in [0.29, 0.717) is 18.5 Å². The molecule has 4 heteroatoms. The second-order valence-corrected chi connectivity index (χ2v) is 3.18. The zero-order chi connectivity index (χ0) is 9.84. The van der Waals surface area contributed by atoms with Gasteiger partial charge in [-0.1, -0.05) is 23.7 Å². The Morgan fingerprint density at radius 1 is 1.46 bits per heavy atom. The van der Waals surface area contributed by atoms with E-state index in [1.54, 1.807) is 18.2 Å². The number of phenols is 1. The first-order valence-corrected chi connectivity index (χ1v) is 4.40. The summed E-state index contributed by atoms with van der Waals surface area (Å²) in [7, 11) is 0. The molecule has 1 aromatic rings. The minimum absolute atomic E-state index is 0.0647. The van der Waals surface area contributed by atoms with Crippen molar-refractivity contribution < 1.29 is 10.2 Å². The lowest BCUT2D eigenvalue weighted by molar-refractivity contribution is 0.166. The van der Waals surface area contributed by atoms with Crippen molar-refractivity contribution in [3.8, 4) is 5.75 Å². The summed E-state index contributed by atoms with van der Waals surface area (Å²) in [5.74, 6) is -0.0647. The van der Waals surface area contributed by atoms with Crippen molar-refractivity contribution >= 4 is 11.6 Å². The normalized spacial score (nSPS) is 12.8. The number of para-hydroxylation sites is 1. The van der Waals surface area contributed by atoms with Crippen LogP contribution in [-0.4, -0.2) is 16.8 Å². The van der Waals surface area contributed by atoms with E-state index in [2.05, 4.69) is 0 Å². The van der Waals surface area contributed by atoms with Crippen LogP contribution in [0.5, 0.6) is 5.75 Å². The molecule has 0 aromatic heterocycles. The van der Waals surface area contributed by atoms with Crippen molar-refractivity contribution in [3.05, 3.63) is 28.8 Å². The molecule has 0 spiro atoms. The molecule has 0 saturated heterocycles. The van der Waals surface area contributed by atoms with Gasteiger partial charge in [-0.15, -0.1) is 0 Å². The molecule has 0 amide bonds. The summed E-state index contributed by atoms with van der Waals surface area (Å²) in [4.78, 5) is 0. The number of aliphatic hydroxyl groups is 1. The van der Waals surface area contributed by atoms with E-state index in [4.69, 9.17) is 17.3 Å². The Morgan fingerprint density at radius 2 is 2.15 bits per heavy atom. The van der Waals surface area contributed by atoms with E-state index >= 15 is 0 Å². The second kappa shape index (κ2) is 4.46. The number of phenolic OH excluding ortho intramolecular Hbond substituents is 1. The Morgan fingerprint density at radius 3 is 2.77 bits per heavy atom. The van der Waals surface area contributed by atoms with Gasteiger partial charge in [0.15, 0.2) is 0 Å². The fourth-order valence-electron chi connectivity index (χ4n) is 1.11. The Kier molecular flexibility index (Phi) is 3.54. The van der Waals surface area contributed by atoms with Crippen molar-refractivity contribution in [2.45, 2.75) is 12.5 Å². The highest BCUT2D eigenvalue weighted by molar-refractivity contribution is 6.32. The first-order chi connectivity index (χ1) is 6.16. The lowest BCUT2D eigenvalue weighted by Crippen LogP contribution is -2.06. The smallest absolute Gasteiger partial charge is 0.139 e. The predicted octanol–water partition coefficient (Wildman–Crippen LogP) is 1.43. The second-order valence-electron chi connectivity index (χ2n) is 2.77. The first-order valence-electron chi connectivity index (χ1n) is 4.02. The molecular formula is C9H12ClNO2. The lowest BCUT2D eigenvalue weighted by Gasteiger charge is -2.11. The molecule has 0 unspecified atom stereocenters. The maximum atomic E-state index is 9.53. The molecule has 0 heterocycles. The Labute approximate surface area is 81.8 Å². The summed E-state index contributed by atoms with van der Waals surface area (Å²) >= 11 is 5.67. The lowest BCUT2D eigenvalue weighted by atomic mass is 10.1. The molecule has 4 N–H and O–H groups in total. The van der Waals surface area contributed by atoms with Gasteiger partial charge in [-0.05, 0) is 19.0 Å². The summed E-state index contributed by atoms with van der Waals surface area (Å²) in [6.07, 6.45) is -0.336. The van der Waals surface area contributed by atoms with Gasteiger partial charge in [0.1, 0.15) is 5.75 Å². The van der Waals surface area contributed by atoms with Crippen LogP contribution in [-0.2, 0) is 0 Å². The van der Waals surface area contributed by atoms with Gasteiger partial charge in [0.25, 0.3) is 0 Å². The summed E-state index contributed by atoms with van der Waals surface area (Å²) in [5, 5.41) is 19.2. The molecule has 3 nitrogen and oxygen atoms in total. The SMILES string of the molecule is NCC[C@H](O)c1cccc(Cl)c1O. The summed E-state index contributed by atoms with van der Waals surface area (Å²) < 4.78 is 0. The molecule has 1 rings (SSSR count). The molecule has 0 aliphatic heterocycles. The van der Waals surface area contributed by atoms with Crippen molar-refractivity contribution in [1.29, 1.82) is 0 Å². The predicted molar refractivity (Wildman–Crippen MR) is 51.7 cm³/mol. The molecule has 1 atom stereocenters. The van der Waals surface area contributed by atoms with E-state index in [1.807, 2.05) is 0 Å². The van der Waals surface area contributed by atoms with Gasteiger partial charge >= 0.3 is 0 Å². The van der Waals surface area contributed by atoms with Gasteiger partial charge in [-0.3, -0.25) is 0 Å². The maximum Gasteiger partial charge on any atom is 0.139 e. The van der Waals surface area contributed by atoms with Crippen LogP contribution in [0.1, 0.15) is 18.1 Å². The number of nitrogens with two attached hydrogens (primary N) is 1. The number of hydrogen-bond acceptors (Lipinski definition) is 3. The zero-order valence-electron chi connectivity index (χ0n) is 7.07. The Balaban J connectivity index is 2.93. The van der Waals surface area contributed by atoms with Crippen molar-refractivity contribution in [3.63, 3.8) is 0 Å². The first kappa shape index (κ1) is 10.3. The third-order valence-electron chi connectivity index (χ3n) is 1.82. The highest BCUT2D eigenvalue weighted by Crippen LogP contribution is 2.32. The van der Waals surface area contributed by atoms with Crippen LogP contribution in [0.2, 0.25) is 5.02 Å². The topological polar surface area (TPSA) is 66.5 Å². The number of hydrogen-bond donors (Lipinski definition) is 3. The molecule has 0 bridgehead atoms. The van der Waals surface area contributed by atoms with Crippen LogP contribution in [0.15, 0.2) is 18.2 Å². The fourth-order valence-corrected chi connectivity index (χ4v) is 1.30. The largest absolute Gasteiger partial charge is 0.506 e. The maximum absolute atomic E-state index is 9.53. The molecule has 13 heavy (non-hydrogen) atoms. The molecule has 0 aliphatic rings. The van der Waals surface area contributed by atoms with Crippen LogP contribution < -0.4 is 5.73 Å². The average Bonchev–Trinajstić information content (AvgIpc) is 2.10. The standard InChI is InChI=1S/C9H12ClNO2/c10-7-3-1-2-6(9(7)13)8(12)4-5-11/h1-3,8,12-13H,4-5,11H2/t8-/m0/s1. The molecular weight excluding hydrogens is 190 g/mol. The fraction of sp³-hybridized carbons (Fsp3) is 0.333. The quantitative estimate of drug-likeness (QED) is 0.693. The third kappa shape index (κ3) is 2.34. The van der Waals surface area contributed by atoms with E-state index in [-0.39, 0.29) is 10.8 Å². The third-order valence-corrected chi connectivity index (χ3v) is 2.12. The van der Waals surface area contributed by atoms with Crippen molar-refractivity contribution in [1.82, 2.24) is 0 Å². The van der Waals surface area contributed by atoms with Gasteiger partial charge in [0.05, 0.1) is 11.1 Å². The molecule has 72 valence electrons. The molecule has 0 fully saturated rings. The zero-order valence-corrected chi connectivity index (χ0v) is 7.83. The van der Waals surface area contributed by atoms with Gasteiger partial charge in [-0.2, -0.15) is 0 Å². The van der Waals surface area contributed by atoms with Crippen LogP contribution in [0.4, 0.5) is 0 Å². The van der Waals surface area contributed by atoms with E-state index in [0.717, 1.165) is 0 Å². The number of aliphatic hydroxyl groups excluding tert-OH is 1. The Bertz CT molecular complexity index is 291. The van der Waals surface area contributed by atoms with Gasteiger partial charge < -0.3 is 15.9 Å². The van der Waals surface area contributed by atoms with Crippen molar-refractivity contribution in [2.24, 2.45) is 5.73 Å². The van der Waals surface area contributed by atoms with E-state index in [1.165, 1.54) is 0 Å². The van der Waals surface area contributed by atoms with Crippen LogP contribution in [0, 0.1) is 0 Å². The monoisotopic (exact) mass is 201 g/mol. The average molecular weight is 202 g/mol. The minimum Gasteiger partial charge on any atom is -0.506 e. The molecule has 0 aliphatic carbocycles. The van der Waals surface area contributed by atoms with E-state index < -0.39 is 6.10 Å². The van der Waals surface area contributed by atoms with Crippen molar-refractivity contribution in [2.75, 3.05) is 6.54 Å². The van der Waals surface area contributed by atoms with Gasteiger partial charge in [0, 0.05) is 5.56 Å². The summed E-state index contributed by atoms with van der Waals surface area (Å²) in [6.45, 7) is 0.368. The molecule has 0 saturated carbocycles. The van der Waals surface area contributed by atoms with Gasteiger partial charge in [0.2, 0.25) is 0 Å². The number of halogens is 1. The highest BCUT2D eigenvalue weighted by Gasteiger charge is 2.12. The summed E-state index contributed by atoms with van der Waals surface area (Å²) in [5.41, 5.74) is 5.71. The minimum atomic E-state index is -0.747. The van der Waals surface area contributed by atoms with Crippen LogP contribution >= 0.6 is 11.6 Å². The van der Waals surface area contributed by atoms with E-state index in [9.17, 15) is 10.2 Å². The Hall–Kier alpha value is -0.770. The molecule has 0 radical (unpaired) electrons. The number of rotatable bonds is 3. The number of aromatic hydroxyl groups is 1. The van der Waals surface area contributed by atoms with Crippen LogP contribution in [0.3, 0.4) is 0 Å². The summed E-state index contributed by atoms with van der Waals surface area (Å²) in [6, 6.07) is 4.87. The number of benzene rings is 1. The molecule has 1 aromatic carbocycles.